The Bertz CT molecular complexity index is 768. The Labute approximate surface area is 167 Å². The predicted molar refractivity (Wildman–Crippen MR) is 115 cm³/mol. The number of rotatable bonds is 8. The van der Waals surface area contributed by atoms with E-state index >= 15 is 0 Å². The summed E-state index contributed by atoms with van der Waals surface area (Å²) in [7, 11) is 0. The van der Waals surface area contributed by atoms with Crippen molar-refractivity contribution < 1.29 is 9.53 Å². The van der Waals surface area contributed by atoms with Crippen molar-refractivity contribution in [3.63, 3.8) is 0 Å². The van der Waals surface area contributed by atoms with Crippen molar-refractivity contribution in [1.29, 1.82) is 0 Å². The van der Waals surface area contributed by atoms with Gasteiger partial charge in [-0.3, -0.25) is 9.69 Å². The highest BCUT2D eigenvalue weighted by molar-refractivity contribution is 5.81. The van der Waals surface area contributed by atoms with Gasteiger partial charge in [-0.2, -0.15) is 0 Å². The van der Waals surface area contributed by atoms with Gasteiger partial charge in [0.25, 0.3) is 0 Å². The summed E-state index contributed by atoms with van der Waals surface area (Å²) in [5.41, 5.74) is 2.08. The zero-order chi connectivity index (χ0) is 19.6. The number of carbonyl (C=O) groups excluding carboxylic acids is 1. The summed E-state index contributed by atoms with van der Waals surface area (Å²) in [6, 6.07) is 18.1. The standard InChI is InChI=1S/C23H29N3O2/c1-2-28-22-13-7-6-12-21(22)24-19-23(27)26-17-15-25(16-18-26)14-8-11-20-9-4-3-5-10-20/h3-13,24H,2,14-19H2,1H3/b11-8+. The third-order valence-corrected chi connectivity index (χ3v) is 4.82. The molecule has 0 bridgehead atoms. The Balaban J connectivity index is 1.41. The molecule has 0 aliphatic carbocycles. The van der Waals surface area contributed by atoms with Crippen LogP contribution in [-0.4, -0.2) is 61.6 Å². The quantitative estimate of drug-likeness (QED) is 0.764. The van der Waals surface area contributed by atoms with Crippen molar-refractivity contribution >= 4 is 17.7 Å². The second kappa shape index (κ2) is 10.5. The molecule has 0 unspecified atom stereocenters. The number of nitrogens with one attached hydrogen (secondary N) is 1. The van der Waals surface area contributed by atoms with Crippen LogP contribution in [0.4, 0.5) is 5.69 Å². The third-order valence-electron chi connectivity index (χ3n) is 4.82. The van der Waals surface area contributed by atoms with Gasteiger partial charge in [0.05, 0.1) is 18.8 Å². The van der Waals surface area contributed by atoms with Crippen LogP contribution in [0.1, 0.15) is 12.5 Å². The van der Waals surface area contributed by atoms with Crippen molar-refractivity contribution in [2.24, 2.45) is 0 Å². The lowest BCUT2D eigenvalue weighted by Gasteiger charge is -2.34. The van der Waals surface area contributed by atoms with Crippen LogP contribution in [0.5, 0.6) is 5.75 Å². The Kier molecular flexibility index (Phi) is 7.50. The van der Waals surface area contributed by atoms with E-state index in [1.54, 1.807) is 0 Å². The summed E-state index contributed by atoms with van der Waals surface area (Å²) in [4.78, 5) is 16.9. The van der Waals surface area contributed by atoms with Gasteiger partial charge in [-0.15, -0.1) is 0 Å². The molecule has 0 atom stereocenters. The maximum atomic E-state index is 12.5. The van der Waals surface area contributed by atoms with Crippen molar-refractivity contribution in [2.45, 2.75) is 6.92 Å². The molecule has 1 saturated heterocycles. The molecule has 1 heterocycles. The maximum Gasteiger partial charge on any atom is 0.241 e. The monoisotopic (exact) mass is 379 g/mol. The zero-order valence-corrected chi connectivity index (χ0v) is 16.5. The molecule has 1 aliphatic heterocycles. The highest BCUT2D eigenvalue weighted by Gasteiger charge is 2.20. The van der Waals surface area contributed by atoms with Crippen LogP contribution in [0.25, 0.3) is 6.08 Å². The lowest BCUT2D eigenvalue weighted by molar-refractivity contribution is -0.130. The fourth-order valence-corrected chi connectivity index (χ4v) is 3.26. The van der Waals surface area contributed by atoms with Gasteiger partial charge in [0.15, 0.2) is 0 Å². The van der Waals surface area contributed by atoms with Crippen molar-refractivity contribution in [3.8, 4) is 5.75 Å². The molecule has 5 nitrogen and oxygen atoms in total. The molecule has 1 aliphatic rings. The second-order valence-corrected chi connectivity index (χ2v) is 6.78. The van der Waals surface area contributed by atoms with Crippen molar-refractivity contribution in [3.05, 3.63) is 66.2 Å². The van der Waals surface area contributed by atoms with Gasteiger partial charge in [-0.25, -0.2) is 0 Å². The largest absolute Gasteiger partial charge is 0.492 e. The van der Waals surface area contributed by atoms with Crippen LogP contribution in [0, 0.1) is 0 Å². The molecule has 3 rings (SSSR count). The zero-order valence-electron chi connectivity index (χ0n) is 16.5. The summed E-state index contributed by atoms with van der Waals surface area (Å²) < 4.78 is 5.60. The average Bonchev–Trinajstić information content (AvgIpc) is 2.74. The Hall–Kier alpha value is -2.79. The van der Waals surface area contributed by atoms with Gasteiger partial charge in [0.1, 0.15) is 5.75 Å². The van der Waals surface area contributed by atoms with E-state index in [-0.39, 0.29) is 12.5 Å². The molecule has 2 aromatic rings. The molecule has 0 aromatic heterocycles. The lowest BCUT2D eigenvalue weighted by atomic mass is 10.2. The Morgan fingerprint density at radius 3 is 2.50 bits per heavy atom. The summed E-state index contributed by atoms with van der Waals surface area (Å²) in [6.45, 7) is 7.11. The number of anilines is 1. The summed E-state index contributed by atoms with van der Waals surface area (Å²) in [5.74, 6) is 0.915. The topological polar surface area (TPSA) is 44.8 Å². The van der Waals surface area contributed by atoms with Gasteiger partial charge in [-0.05, 0) is 24.6 Å². The van der Waals surface area contributed by atoms with Crippen molar-refractivity contribution in [1.82, 2.24) is 9.80 Å². The minimum atomic E-state index is 0.130. The van der Waals surface area contributed by atoms with Crippen LogP contribution < -0.4 is 10.1 Å². The summed E-state index contributed by atoms with van der Waals surface area (Å²) >= 11 is 0. The molecule has 148 valence electrons. The van der Waals surface area contributed by atoms with Crippen LogP contribution in [-0.2, 0) is 4.79 Å². The predicted octanol–water partition coefficient (Wildman–Crippen LogP) is 3.35. The SMILES string of the molecule is CCOc1ccccc1NCC(=O)N1CCN(C/C=C/c2ccccc2)CC1. The van der Waals surface area contributed by atoms with E-state index in [2.05, 4.69) is 34.5 Å². The molecule has 5 heteroatoms. The van der Waals surface area contributed by atoms with Crippen LogP contribution in [0.3, 0.4) is 0 Å². The van der Waals surface area contributed by atoms with Gasteiger partial charge in [-0.1, -0.05) is 54.6 Å². The van der Waals surface area contributed by atoms with Gasteiger partial charge >= 0.3 is 0 Å². The number of benzene rings is 2. The second-order valence-electron chi connectivity index (χ2n) is 6.78. The van der Waals surface area contributed by atoms with Gasteiger partial charge in [0.2, 0.25) is 5.91 Å². The first-order valence-corrected chi connectivity index (χ1v) is 9.93. The van der Waals surface area contributed by atoms with E-state index in [1.165, 1.54) is 5.56 Å². The number of para-hydroxylation sites is 2. The van der Waals surface area contributed by atoms with E-state index in [1.807, 2.05) is 54.3 Å². The van der Waals surface area contributed by atoms with Crippen molar-refractivity contribution in [2.75, 3.05) is 51.2 Å². The minimum absolute atomic E-state index is 0.130. The molecule has 28 heavy (non-hydrogen) atoms. The molecule has 1 fully saturated rings. The highest BCUT2D eigenvalue weighted by Crippen LogP contribution is 2.23. The molecule has 1 amide bonds. The van der Waals surface area contributed by atoms with E-state index in [0.29, 0.717) is 6.61 Å². The fraction of sp³-hybridized carbons (Fsp3) is 0.348. The molecule has 0 saturated carbocycles. The van der Waals surface area contributed by atoms with E-state index in [9.17, 15) is 4.79 Å². The normalized spacial score (nSPS) is 15.0. The molecule has 0 spiro atoms. The minimum Gasteiger partial charge on any atom is -0.492 e. The number of amides is 1. The molecule has 0 radical (unpaired) electrons. The molecule has 2 aromatic carbocycles. The van der Waals surface area contributed by atoms with Crippen LogP contribution in [0.2, 0.25) is 0 Å². The first kappa shape index (κ1) is 20.0. The van der Waals surface area contributed by atoms with E-state index < -0.39 is 0 Å². The smallest absolute Gasteiger partial charge is 0.241 e. The number of ether oxygens (including phenoxy) is 1. The number of piperazine rings is 1. The summed E-state index contributed by atoms with van der Waals surface area (Å²) in [5, 5.41) is 3.22. The maximum absolute atomic E-state index is 12.5. The number of hydrogen-bond acceptors (Lipinski definition) is 4. The molecule has 1 N–H and O–H groups in total. The third kappa shape index (κ3) is 5.86. The molecular weight excluding hydrogens is 350 g/mol. The Morgan fingerprint density at radius 1 is 1.04 bits per heavy atom. The van der Waals surface area contributed by atoms with Gasteiger partial charge < -0.3 is 15.0 Å². The van der Waals surface area contributed by atoms with Crippen LogP contribution >= 0.6 is 0 Å². The molecular formula is C23H29N3O2. The summed E-state index contributed by atoms with van der Waals surface area (Å²) in [6.07, 6.45) is 4.34. The first-order chi connectivity index (χ1) is 13.8. The number of nitrogens with zero attached hydrogens (tertiary/aromatic N) is 2. The highest BCUT2D eigenvalue weighted by atomic mass is 16.5. The lowest BCUT2D eigenvalue weighted by Crippen LogP contribution is -2.50. The van der Waals surface area contributed by atoms with E-state index in [4.69, 9.17) is 4.74 Å². The van der Waals surface area contributed by atoms with Crippen LogP contribution in [0.15, 0.2) is 60.7 Å². The first-order valence-electron chi connectivity index (χ1n) is 9.93. The number of hydrogen-bond donors (Lipinski definition) is 1. The van der Waals surface area contributed by atoms with Gasteiger partial charge in [0, 0.05) is 32.7 Å². The number of carbonyl (C=O) groups is 1. The Morgan fingerprint density at radius 2 is 1.75 bits per heavy atom. The fourth-order valence-electron chi connectivity index (χ4n) is 3.26. The van der Waals surface area contributed by atoms with E-state index in [0.717, 1.165) is 44.2 Å². The average molecular weight is 380 g/mol.